The molecule has 4 rings (SSSR count). The minimum atomic E-state index is -0.237. The van der Waals surface area contributed by atoms with E-state index in [4.69, 9.17) is 5.73 Å². The van der Waals surface area contributed by atoms with Gasteiger partial charge in [-0.25, -0.2) is 9.37 Å². The van der Waals surface area contributed by atoms with Crippen molar-refractivity contribution in [2.24, 2.45) is 0 Å². The molecule has 7 heteroatoms. The molecule has 2 aromatic heterocycles. The van der Waals surface area contributed by atoms with Crippen LogP contribution in [0.3, 0.4) is 0 Å². The van der Waals surface area contributed by atoms with E-state index in [0.29, 0.717) is 11.9 Å². The molecular formula is C19H21FN6. The maximum Gasteiger partial charge on any atom is 0.222 e. The molecule has 1 aromatic carbocycles. The van der Waals surface area contributed by atoms with Gasteiger partial charge in [-0.15, -0.1) is 0 Å². The lowest BCUT2D eigenvalue weighted by Crippen LogP contribution is -2.35. The number of nitrogen functional groups attached to an aromatic ring is 1. The van der Waals surface area contributed by atoms with Gasteiger partial charge in [0.05, 0.1) is 6.20 Å². The largest absolute Gasteiger partial charge is 0.368 e. The standard InChI is InChI=1S/C19H21FN6/c1-12-9-17(24-19(21)23-12)26-8-2-3-14(11-26)18-16(10-22-25-18)13-4-6-15(20)7-5-13/h4-7,9-10,14H,2-3,8,11H2,1H3,(H,22,25)(H2,21,23,24)/t14-/m0/s1. The number of nitrogens with zero attached hydrogens (tertiary/aromatic N) is 4. The number of rotatable bonds is 3. The van der Waals surface area contributed by atoms with Crippen LogP contribution >= 0.6 is 0 Å². The van der Waals surface area contributed by atoms with Crippen molar-refractivity contribution >= 4 is 11.8 Å². The molecule has 134 valence electrons. The summed E-state index contributed by atoms with van der Waals surface area (Å²) in [6.45, 7) is 3.68. The van der Waals surface area contributed by atoms with Crippen LogP contribution in [0.15, 0.2) is 36.5 Å². The van der Waals surface area contributed by atoms with Crippen LogP contribution in [0.5, 0.6) is 0 Å². The van der Waals surface area contributed by atoms with Crippen LogP contribution in [0.4, 0.5) is 16.2 Å². The Kier molecular flexibility index (Phi) is 4.28. The Hall–Kier alpha value is -2.96. The van der Waals surface area contributed by atoms with Crippen molar-refractivity contribution in [3.8, 4) is 11.1 Å². The molecular weight excluding hydrogens is 331 g/mol. The Morgan fingerprint density at radius 2 is 2.04 bits per heavy atom. The number of piperidine rings is 1. The summed E-state index contributed by atoms with van der Waals surface area (Å²) < 4.78 is 13.2. The lowest BCUT2D eigenvalue weighted by Gasteiger charge is -2.33. The van der Waals surface area contributed by atoms with Gasteiger partial charge in [0.2, 0.25) is 5.95 Å². The number of benzene rings is 1. The summed E-state index contributed by atoms with van der Waals surface area (Å²) in [6.07, 6.45) is 3.93. The summed E-state index contributed by atoms with van der Waals surface area (Å²) in [7, 11) is 0. The van der Waals surface area contributed by atoms with E-state index in [-0.39, 0.29) is 5.82 Å². The number of nitrogens with one attached hydrogen (secondary N) is 1. The molecule has 0 aliphatic carbocycles. The molecule has 3 heterocycles. The maximum absolute atomic E-state index is 13.2. The van der Waals surface area contributed by atoms with Gasteiger partial charge >= 0.3 is 0 Å². The second-order valence-corrected chi connectivity index (χ2v) is 6.72. The van der Waals surface area contributed by atoms with Crippen LogP contribution in [0, 0.1) is 12.7 Å². The third-order valence-electron chi connectivity index (χ3n) is 4.84. The number of halogens is 1. The molecule has 1 aliphatic heterocycles. The predicted molar refractivity (Wildman–Crippen MR) is 99.4 cm³/mol. The summed E-state index contributed by atoms with van der Waals surface area (Å²) in [6, 6.07) is 8.50. The Labute approximate surface area is 151 Å². The highest BCUT2D eigenvalue weighted by Crippen LogP contribution is 2.34. The first-order valence-electron chi connectivity index (χ1n) is 8.75. The quantitative estimate of drug-likeness (QED) is 0.756. The van der Waals surface area contributed by atoms with Crippen molar-refractivity contribution in [3.05, 3.63) is 53.7 Å². The van der Waals surface area contributed by atoms with E-state index in [1.165, 1.54) is 12.1 Å². The Bertz CT molecular complexity index is 884. The third-order valence-corrected chi connectivity index (χ3v) is 4.84. The Morgan fingerprint density at radius 1 is 1.23 bits per heavy atom. The molecule has 1 atom stereocenters. The summed E-state index contributed by atoms with van der Waals surface area (Å²) in [5, 5.41) is 7.39. The molecule has 0 amide bonds. The van der Waals surface area contributed by atoms with Crippen LogP contribution in [0.1, 0.15) is 30.1 Å². The van der Waals surface area contributed by atoms with Crippen molar-refractivity contribution in [1.82, 2.24) is 20.2 Å². The number of H-pyrrole nitrogens is 1. The Balaban J connectivity index is 1.61. The maximum atomic E-state index is 13.2. The zero-order chi connectivity index (χ0) is 18.1. The minimum Gasteiger partial charge on any atom is -0.368 e. The van der Waals surface area contributed by atoms with Gasteiger partial charge in [0.25, 0.3) is 0 Å². The van der Waals surface area contributed by atoms with E-state index >= 15 is 0 Å². The molecule has 1 saturated heterocycles. The lowest BCUT2D eigenvalue weighted by atomic mass is 9.90. The molecule has 0 saturated carbocycles. The highest BCUT2D eigenvalue weighted by atomic mass is 19.1. The van der Waals surface area contributed by atoms with E-state index in [9.17, 15) is 4.39 Å². The number of nitrogens with two attached hydrogens (primary N) is 1. The molecule has 3 aromatic rings. The average Bonchev–Trinajstić information content (AvgIpc) is 3.11. The normalized spacial score (nSPS) is 17.5. The SMILES string of the molecule is Cc1cc(N2CCC[C@H](c3[nH]ncc3-c3ccc(F)cc3)C2)nc(N)n1. The number of aryl methyl sites for hydroxylation is 1. The van der Waals surface area contributed by atoms with E-state index in [1.807, 2.05) is 19.2 Å². The van der Waals surface area contributed by atoms with Gasteiger partial charge in [-0.05, 0) is 37.5 Å². The monoisotopic (exact) mass is 352 g/mol. The van der Waals surface area contributed by atoms with Crippen LogP contribution in [-0.4, -0.2) is 33.3 Å². The molecule has 26 heavy (non-hydrogen) atoms. The molecule has 6 nitrogen and oxygen atoms in total. The number of aromatic amines is 1. The second kappa shape index (κ2) is 6.74. The highest BCUT2D eigenvalue weighted by molar-refractivity contribution is 5.66. The van der Waals surface area contributed by atoms with Crippen LogP contribution in [0.25, 0.3) is 11.1 Å². The zero-order valence-corrected chi connectivity index (χ0v) is 14.6. The van der Waals surface area contributed by atoms with Crippen molar-refractivity contribution in [3.63, 3.8) is 0 Å². The van der Waals surface area contributed by atoms with Crippen molar-refractivity contribution in [2.45, 2.75) is 25.7 Å². The predicted octanol–water partition coefficient (Wildman–Crippen LogP) is 3.28. The van der Waals surface area contributed by atoms with Gasteiger partial charge in [-0.1, -0.05) is 12.1 Å². The molecule has 1 fully saturated rings. The van der Waals surface area contributed by atoms with Crippen molar-refractivity contribution < 1.29 is 4.39 Å². The second-order valence-electron chi connectivity index (χ2n) is 6.72. The molecule has 0 spiro atoms. The van der Waals surface area contributed by atoms with Gasteiger partial charge in [0, 0.05) is 42.0 Å². The first-order chi connectivity index (χ1) is 12.6. The van der Waals surface area contributed by atoms with E-state index in [2.05, 4.69) is 25.1 Å². The zero-order valence-electron chi connectivity index (χ0n) is 14.6. The number of hydrogen-bond donors (Lipinski definition) is 2. The number of anilines is 2. The minimum absolute atomic E-state index is 0.237. The van der Waals surface area contributed by atoms with Crippen molar-refractivity contribution in [1.29, 1.82) is 0 Å². The summed E-state index contributed by atoms with van der Waals surface area (Å²) in [5.74, 6) is 1.22. The summed E-state index contributed by atoms with van der Waals surface area (Å²) in [4.78, 5) is 10.8. The molecule has 3 N–H and O–H groups in total. The molecule has 1 aliphatic rings. The van der Waals surface area contributed by atoms with Crippen molar-refractivity contribution in [2.75, 3.05) is 23.7 Å². The first-order valence-corrected chi connectivity index (χ1v) is 8.75. The fraction of sp³-hybridized carbons (Fsp3) is 0.316. The highest BCUT2D eigenvalue weighted by Gasteiger charge is 2.26. The van der Waals surface area contributed by atoms with Crippen LogP contribution < -0.4 is 10.6 Å². The van der Waals surface area contributed by atoms with E-state index < -0.39 is 0 Å². The average molecular weight is 352 g/mol. The molecule has 0 radical (unpaired) electrons. The van der Waals surface area contributed by atoms with Gasteiger partial charge in [-0.2, -0.15) is 10.1 Å². The lowest BCUT2D eigenvalue weighted by molar-refractivity contribution is 0.498. The summed E-state index contributed by atoms with van der Waals surface area (Å²) >= 11 is 0. The topological polar surface area (TPSA) is 83.7 Å². The smallest absolute Gasteiger partial charge is 0.222 e. The van der Waals surface area contributed by atoms with Gasteiger partial charge in [0.1, 0.15) is 11.6 Å². The van der Waals surface area contributed by atoms with Gasteiger partial charge in [0.15, 0.2) is 0 Å². The number of hydrogen-bond acceptors (Lipinski definition) is 5. The molecule has 0 bridgehead atoms. The van der Waals surface area contributed by atoms with Gasteiger partial charge in [-0.3, -0.25) is 5.10 Å². The van der Waals surface area contributed by atoms with Gasteiger partial charge < -0.3 is 10.6 Å². The fourth-order valence-corrected chi connectivity index (χ4v) is 3.62. The summed E-state index contributed by atoms with van der Waals surface area (Å²) in [5.41, 5.74) is 9.75. The third kappa shape index (κ3) is 3.24. The first kappa shape index (κ1) is 16.5. The van der Waals surface area contributed by atoms with Crippen LogP contribution in [-0.2, 0) is 0 Å². The van der Waals surface area contributed by atoms with Crippen LogP contribution in [0.2, 0.25) is 0 Å². The Morgan fingerprint density at radius 3 is 2.81 bits per heavy atom. The van der Waals surface area contributed by atoms with E-state index in [1.54, 1.807) is 12.1 Å². The molecule has 0 unspecified atom stereocenters. The van der Waals surface area contributed by atoms with E-state index in [0.717, 1.165) is 54.3 Å². The number of aromatic nitrogens is 4. The fourth-order valence-electron chi connectivity index (χ4n) is 3.62.